The molecular formula is C14H21NO3. The Morgan fingerprint density at radius 1 is 1.50 bits per heavy atom. The van der Waals surface area contributed by atoms with E-state index in [-0.39, 0.29) is 5.75 Å². The number of ether oxygens (including phenoxy) is 2. The van der Waals surface area contributed by atoms with Gasteiger partial charge in [0.05, 0.1) is 19.8 Å². The maximum absolute atomic E-state index is 9.67. The standard InChI is InChI=1S/C14H21NO3/c1-3-18-14-8-12(4-5-13(14)16)9-15-6-7-17-10-11(15)2/h4-5,8,11,16H,3,6-7,9-10H2,1-2H3. The van der Waals surface area contributed by atoms with Crippen LogP contribution in [0.4, 0.5) is 0 Å². The summed E-state index contributed by atoms with van der Waals surface area (Å²) < 4.78 is 10.8. The van der Waals surface area contributed by atoms with E-state index in [1.165, 1.54) is 0 Å². The summed E-state index contributed by atoms with van der Waals surface area (Å²) in [5, 5.41) is 9.67. The smallest absolute Gasteiger partial charge is 0.161 e. The van der Waals surface area contributed by atoms with Crippen LogP contribution in [0.5, 0.6) is 11.5 Å². The lowest BCUT2D eigenvalue weighted by Crippen LogP contribution is -2.42. The summed E-state index contributed by atoms with van der Waals surface area (Å²) in [6.45, 7) is 8.04. The molecule has 1 aromatic carbocycles. The van der Waals surface area contributed by atoms with Gasteiger partial charge in [0.2, 0.25) is 0 Å². The highest BCUT2D eigenvalue weighted by molar-refractivity contribution is 5.41. The van der Waals surface area contributed by atoms with Crippen LogP contribution in [0, 0.1) is 0 Å². The first-order valence-corrected chi connectivity index (χ1v) is 6.47. The van der Waals surface area contributed by atoms with Crippen molar-refractivity contribution in [2.45, 2.75) is 26.4 Å². The molecule has 4 heteroatoms. The third kappa shape index (κ3) is 3.15. The van der Waals surface area contributed by atoms with Crippen LogP contribution in [0.25, 0.3) is 0 Å². The number of phenolic OH excluding ortho intramolecular Hbond substituents is 1. The molecule has 1 aromatic rings. The van der Waals surface area contributed by atoms with E-state index >= 15 is 0 Å². The molecule has 2 rings (SSSR count). The molecule has 0 spiro atoms. The first-order chi connectivity index (χ1) is 8.70. The summed E-state index contributed by atoms with van der Waals surface area (Å²) in [5.74, 6) is 0.770. The topological polar surface area (TPSA) is 41.9 Å². The van der Waals surface area contributed by atoms with Gasteiger partial charge in [-0.25, -0.2) is 0 Å². The lowest BCUT2D eigenvalue weighted by Gasteiger charge is -2.33. The zero-order chi connectivity index (χ0) is 13.0. The molecule has 1 aliphatic heterocycles. The molecule has 1 fully saturated rings. The number of hydrogen-bond donors (Lipinski definition) is 1. The van der Waals surface area contributed by atoms with Gasteiger partial charge in [-0.15, -0.1) is 0 Å². The molecule has 0 radical (unpaired) electrons. The maximum atomic E-state index is 9.67. The van der Waals surface area contributed by atoms with E-state index in [0.29, 0.717) is 18.4 Å². The lowest BCUT2D eigenvalue weighted by molar-refractivity contribution is -0.00439. The molecule has 1 N–H and O–H groups in total. The van der Waals surface area contributed by atoms with Gasteiger partial charge >= 0.3 is 0 Å². The van der Waals surface area contributed by atoms with Crippen molar-refractivity contribution in [2.75, 3.05) is 26.4 Å². The third-order valence-corrected chi connectivity index (χ3v) is 3.21. The maximum Gasteiger partial charge on any atom is 0.161 e. The Bertz CT molecular complexity index is 395. The van der Waals surface area contributed by atoms with Crippen LogP contribution < -0.4 is 4.74 Å². The third-order valence-electron chi connectivity index (χ3n) is 3.21. The van der Waals surface area contributed by atoms with E-state index < -0.39 is 0 Å². The van der Waals surface area contributed by atoms with Gasteiger partial charge in [-0.05, 0) is 31.5 Å². The van der Waals surface area contributed by atoms with Crippen molar-refractivity contribution >= 4 is 0 Å². The van der Waals surface area contributed by atoms with E-state index in [1.807, 2.05) is 19.1 Å². The van der Waals surface area contributed by atoms with Gasteiger partial charge < -0.3 is 14.6 Å². The number of hydrogen-bond acceptors (Lipinski definition) is 4. The molecule has 1 unspecified atom stereocenters. The molecule has 4 nitrogen and oxygen atoms in total. The van der Waals surface area contributed by atoms with Crippen LogP contribution >= 0.6 is 0 Å². The Hall–Kier alpha value is -1.26. The fraction of sp³-hybridized carbons (Fsp3) is 0.571. The van der Waals surface area contributed by atoms with Gasteiger partial charge in [0.15, 0.2) is 11.5 Å². The van der Waals surface area contributed by atoms with Gasteiger partial charge in [-0.3, -0.25) is 4.90 Å². The van der Waals surface area contributed by atoms with E-state index in [9.17, 15) is 5.11 Å². The lowest BCUT2D eigenvalue weighted by atomic mass is 10.1. The Morgan fingerprint density at radius 3 is 3.06 bits per heavy atom. The van der Waals surface area contributed by atoms with E-state index in [2.05, 4.69) is 11.8 Å². The Balaban J connectivity index is 2.06. The molecule has 1 atom stereocenters. The molecule has 1 aliphatic rings. The summed E-state index contributed by atoms with van der Waals surface area (Å²) in [4.78, 5) is 2.38. The van der Waals surface area contributed by atoms with E-state index in [0.717, 1.165) is 31.9 Å². The van der Waals surface area contributed by atoms with Crippen molar-refractivity contribution in [3.63, 3.8) is 0 Å². The van der Waals surface area contributed by atoms with Crippen molar-refractivity contribution in [3.8, 4) is 11.5 Å². The van der Waals surface area contributed by atoms with Crippen molar-refractivity contribution in [1.29, 1.82) is 0 Å². The molecule has 18 heavy (non-hydrogen) atoms. The minimum absolute atomic E-state index is 0.204. The largest absolute Gasteiger partial charge is 0.504 e. The van der Waals surface area contributed by atoms with Crippen molar-refractivity contribution < 1.29 is 14.6 Å². The van der Waals surface area contributed by atoms with Crippen LogP contribution in [0.1, 0.15) is 19.4 Å². The van der Waals surface area contributed by atoms with Crippen molar-refractivity contribution in [2.24, 2.45) is 0 Å². The van der Waals surface area contributed by atoms with Crippen LogP contribution in [-0.4, -0.2) is 42.4 Å². The first-order valence-electron chi connectivity index (χ1n) is 6.47. The monoisotopic (exact) mass is 251 g/mol. The number of rotatable bonds is 4. The molecular weight excluding hydrogens is 230 g/mol. The van der Waals surface area contributed by atoms with Crippen LogP contribution in [0.15, 0.2) is 18.2 Å². The van der Waals surface area contributed by atoms with Gasteiger partial charge in [-0.1, -0.05) is 6.07 Å². The average Bonchev–Trinajstić information content (AvgIpc) is 2.36. The summed E-state index contributed by atoms with van der Waals surface area (Å²) in [5.41, 5.74) is 1.16. The Morgan fingerprint density at radius 2 is 2.33 bits per heavy atom. The molecule has 0 aromatic heterocycles. The summed E-state index contributed by atoms with van der Waals surface area (Å²) in [6.07, 6.45) is 0. The van der Waals surface area contributed by atoms with Gasteiger partial charge in [0.25, 0.3) is 0 Å². The summed E-state index contributed by atoms with van der Waals surface area (Å²) >= 11 is 0. The number of phenols is 1. The number of benzene rings is 1. The Kier molecular flexibility index (Phi) is 4.44. The fourth-order valence-corrected chi connectivity index (χ4v) is 2.16. The minimum Gasteiger partial charge on any atom is -0.504 e. The van der Waals surface area contributed by atoms with E-state index in [1.54, 1.807) is 6.07 Å². The molecule has 0 aliphatic carbocycles. The van der Waals surface area contributed by atoms with Gasteiger partial charge in [-0.2, -0.15) is 0 Å². The van der Waals surface area contributed by atoms with Crippen LogP contribution in [0.3, 0.4) is 0 Å². The predicted molar refractivity (Wildman–Crippen MR) is 70.0 cm³/mol. The highest BCUT2D eigenvalue weighted by Crippen LogP contribution is 2.27. The molecule has 0 amide bonds. The van der Waals surface area contributed by atoms with Crippen molar-refractivity contribution in [3.05, 3.63) is 23.8 Å². The van der Waals surface area contributed by atoms with Gasteiger partial charge in [0, 0.05) is 19.1 Å². The fourth-order valence-electron chi connectivity index (χ4n) is 2.16. The second-order valence-electron chi connectivity index (χ2n) is 4.63. The second kappa shape index (κ2) is 6.07. The highest BCUT2D eigenvalue weighted by Gasteiger charge is 2.19. The highest BCUT2D eigenvalue weighted by atomic mass is 16.5. The average molecular weight is 251 g/mol. The van der Waals surface area contributed by atoms with Crippen molar-refractivity contribution in [1.82, 2.24) is 4.90 Å². The minimum atomic E-state index is 0.204. The normalized spacial score (nSPS) is 20.9. The SMILES string of the molecule is CCOc1cc(CN2CCOCC2C)ccc1O. The van der Waals surface area contributed by atoms with Crippen LogP contribution in [-0.2, 0) is 11.3 Å². The molecule has 0 saturated carbocycles. The van der Waals surface area contributed by atoms with Gasteiger partial charge in [0.1, 0.15) is 0 Å². The molecule has 100 valence electrons. The quantitative estimate of drug-likeness (QED) is 0.889. The number of nitrogens with zero attached hydrogens (tertiary/aromatic N) is 1. The number of morpholine rings is 1. The summed E-state index contributed by atoms with van der Waals surface area (Å²) in [7, 11) is 0. The van der Waals surface area contributed by atoms with E-state index in [4.69, 9.17) is 9.47 Å². The molecule has 1 saturated heterocycles. The molecule has 1 heterocycles. The second-order valence-corrected chi connectivity index (χ2v) is 4.63. The summed E-state index contributed by atoms with van der Waals surface area (Å²) in [6, 6.07) is 6.00. The zero-order valence-electron chi connectivity index (χ0n) is 11.1. The zero-order valence-corrected chi connectivity index (χ0v) is 11.1. The number of aromatic hydroxyl groups is 1. The van der Waals surface area contributed by atoms with Crippen LogP contribution in [0.2, 0.25) is 0 Å². The first kappa shape index (κ1) is 13.2. The Labute approximate surface area is 108 Å². The molecule has 0 bridgehead atoms. The predicted octanol–water partition coefficient (Wildman–Crippen LogP) is 2.01.